The van der Waals surface area contributed by atoms with Crippen molar-refractivity contribution in [2.75, 3.05) is 19.7 Å². The van der Waals surface area contributed by atoms with Gasteiger partial charge >= 0.3 is 0 Å². The van der Waals surface area contributed by atoms with Crippen molar-refractivity contribution in [2.24, 2.45) is 0 Å². The minimum atomic E-state index is -0.293. The first-order valence-corrected chi connectivity index (χ1v) is 12.6. The molecule has 5 rings (SSSR count). The van der Waals surface area contributed by atoms with Gasteiger partial charge in [-0.15, -0.1) is 0 Å². The van der Waals surface area contributed by atoms with Crippen molar-refractivity contribution in [1.82, 2.24) is 14.8 Å². The van der Waals surface area contributed by atoms with Crippen LogP contribution in [0, 0.1) is 13.8 Å². The molecule has 2 aliphatic rings. The number of ether oxygens (including phenoxy) is 2. The number of pyridine rings is 1. The summed E-state index contributed by atoms with van der Waals surface area (Å²) in [5.74, 6) is 1.15. The molecule has 1 saturated heterocycles. The van der Waals surface area contributed by atoms with Crippen LogP contribution in [0.1, 0.15) is 40.2 Å². The first kappa shape index (κ1) is 24.1. The highest BCUT2D eigenvalue weighted by Crippen LogP contribution is 2.31. The number of carbonyl (C=O) groups is 1. The van der Waals surface area contributed by atoms with E-state index >= 15 is 0 Å². The lowest BCUT2D eigenvalue weighted by Gasteiger charge is -2.32. The Hall–Kier alpha value is -3.58. The van der Waals surface area contributed by atoms with Gasteiger partial charge in [0, 0.05) is 43.1 Å². The highest BCUT2D eigenvalue weighted by Gasteiger charge is 2.26. The summed E-state index contributed by atoms with van der Waals surface area (Å²) in [4.78, 5) is 28.5. The fourth-order valence-electron chi connectivity index (χ4n) is 5.17. The lowest BCUT2D eigenvalue weighted by Crippen LogP contribution is -2.45. The normalized spacial score (nSPS) is 18.1. The Morgan fingerprint density at radius 3 is 2.44 bits per heavy atom. The molecule has 0 aliphatic carbocycles. The van der Waals surface area contributed by atoms with Crippen LogP contribution in [0.25, 0.3) is 0 Å². The number of amides is 1. The van der Waals surface area contributed by atoms with Gasteiger partial charge in [-0.2, -0.15) is 0 Å². The molecule has 0 saturated carbocycles. The molecule has 1 unspecified atom stereocenters. The number of fused-ring (bicyclic) bond motifs is 1. The monoisotopic (exact) mass is 487 g/mol. The number of aromatic nitrogens is 1. The minimum Gasteiger partial charge on any atom is -0.486 e. The molecule has 1 fully saturated rings. The fourth-order valence-corrected chi connectivity index (χ4v) is 5.17. The van der Waals surface area contributed by atoms with Gasteiger partial charge in [-0.25, -0.2) is 0 Å². The Balaban J connectivity index is 1.24. The second kappa shape index (κ2) is 10.6. The van der Waals surface area contributed by atoms with Crippen LogP contribution >= 0.6 is 0 Å². The smallest absolute Gasteiger partial charge is 0.257 e. The van der Waals surface area contributed by atoms with Crippen molar-refractivity contribution in [1.29, 1.82) is 0 Å². The summed E-state index contributed by atoms with van der Waals surface area (Å²) in [6, 6.07) is 19.6. The first-order valence-electron chi connectivity index (χ1n) is 12.6. The van der Waals surface area contributed by atoms with Crippen LogP contribution in [-0.4, -0.2) is 47.2 Å². The summed E-state index contributed by atoms with van der Waals surface area (Å²) < 4.78 is 14.0. The summed E-state index contributed by atoms with van der Waals surface area (Å²) in [7, 11) is 0. The molecule has 1 aromatic heterocycles. The molecule has 36 heavy (non-hydrogen) atoms. The Labute approximate surface area is 211 Å². The maximum atomic E-state index is 13.3. The second-order valence-electron chi connectivity index (χ2n) is 9.73. The van der Waals surface area contributed by atoms with Gasteiger partial charge in [0.15, 0.2) is 23.0 Å². The predicted octanol–water partition coefficient (Wildman–Crippen LogP) is 3.70. The van der Waals surface area contributed by atoms with Crippen molar-refractivity contribution in [3.63, 3.8) is 0 Å². The Kier molecular flexibility index (Phi) is 7.09. The largest absolute Gasteiger partial charge is 0.486 e. The fraction of sp³-hybridized carbons (Fsp3) is 0.379. The second-order valence-corrected chi connectivity index (χ2v) is 9.73. The lowest BCUT2D eigenvalue weighted by molar-refractivity contribution is 0.0772. The van der Waals surface area contributed by atoms with Gasteiger partial charge in [0.05, 0.1) is 6.54 Å². The number of nitrogens with one attached hydrogen (secondary N) is 1. The van der Waals surface area contributed by atoms with Gasteiger partial charge in [-0.3, -0.25) is 14.5 Å². The molecule has 1 atom stereocenters. The van der Waals surface area contributed by atoms with Crippen molar-refractivity contribution >= 4 is 5.91 Å². The van der Waals surface area contributed by atoms with E-state index in [1.807, 2.05) is 48.7 Å². The molecule has 2 aliphatic heterocycles. The summed E-state index contributed by atoms with van der Waals surface area (Å²) in [5.41, 5.74) is 2.72. The van der Waals surface area contributed by atoms with Gasteiger partial charge in [-0.05, 0) is 44.4 Å². The van der Waals surface area contributed by atoms with Gasteiger partial charge in [0.2, 0.25) is 0 Å². The SMILES string of the molecule is Cc1cc(=O)c(C(=O)NC2CCN(Cc3ccccc3)CC2)c(C)n1CC1COc2ccccc2O1. The van der Waals surface area contributed by atoms with E-state index in [2.05, 4.69) is 34.5 Å². The zero-order valence-electron chi connectivity index (χ0n) is 20.9. The van der Waals surface area contributed by atoms with Crippen LogP contribution in [0.3, 0.4) is 0 Å². The summed E-state index contributed by atoms with van der Waals surface area (Å²) in [6.45, 7) is 7.37. The molecule has 0 bridgehead atoms. The number of aryl methyl sites for hydroxylation is 1. The molecule has 7 heteroatoms. The third kappa shape index (κ3) is 5.31. The molecule has 3 heterocycles. The quantitative estimate of drug-likeness (QED) is 0.574. The number of nitrogens with zero attached hydrogens (tertiary/aromatic N) is 2. The van der Waals surface area contributed by atoms with Crippen molar-refractivity contribution in [3.8, 4) is 11.5 Å². The third-order valence-corrected chi connectivity index (χ3v) is 7.13. The number of carbonyl (C=O) groups excluding carboxylic acids is 1. The molecule has 0 radical (unpaired) electrons. The van der Waals surface area contributed by atoms with Gasteiger partial charge in [0.25, 0.3) is 5.91 Å². The molecule has 1 N–H and O–H groups in total. The van der Waals surface area contributed by atoms with E-state index in [0.29, 0.717) is 24.6 Å². The molecule has 0 spiro atoms. The molecule has 188 valence electrons. The van der Waals surface area contributed by atoms with Crippen molar-refractivity contribution in [2.45, 2.75) is 51.9 Å². The van der Waals surface area contributed by atoms with Crippen LogP contribution in [0.4, 0.5) is 0 Å². The van der Waals surface area contributed by atoms with E-state index in [9.17, 15) is 9.59 Å². The van der Waals surface area contributed by atoms with E-state index in [1.54, 1.807) is 6.07 Å². The zero-order valence-corrected chi connectivity index (χ0v) is 20.9. The van der Waals surface area contributed by atoms with E-state index in [1.165, 1.54) is 5.56 Å². The predicted molar refractivity (Wildman–Crippen MR) is 139 cm³/mol. The van der Waals surface area contributed by atoms with Gasteiger partial charge in [0.1, 0.15) is 12.2 Å². The lowest BCUT2D eigenvalue weighted by atomic mass is 10.0. The number of likely N-dealkylation sites (tertiary alicyclic amines) is 1. The first-order chi connectivity index (χ1) is 17.5. The summed E-state index contributed by atoms with van der Waals surface area (Å²) in [6.07, 6.45) is 1.51. The number of piperidine rings is 1. The van der Waals surface area contributed by atoms with E-state index in [4.69, 9.17) is 9.47 Å². The molecule has 3 aromatic rings. The highest BCUT2D eigenvalue weighted by atomic mass is 16.6. The highest BCUT2D eigenvalue weighted by molar-refractivity contribution is 5.95. The van der Waals surface area contributed by atoms with E-state index in [0.717, 1.165) is 43.9 Å². The zero-order chi connectivity index (χ0) is 25.1. The number of hydrogen-bond donors (Lipinski definition) is 1. The third-order valence-electron chi connectivity index (χ3n) is 7.13. The number of rotatable bonds is 6. The van der Waals surface area contributed by atoms with Gasteiger partial charge in [-0.1, -0.05) is 42.5 Å². The summed E-state index contributed by atoms with van der Waals surface area (Å²) in [5, 5.41) is 3.13. The average Bonchev–Trinajstić information content (AvgIpc) is 2.88. The molecule has 7 nitrogen and oxygen atoms in total. The number of para-hydroxylation sites is 2. The maximum absolute atomic E-state index is 13.3. The van der Waals surface area contributed by atoms with Crippen molar-refractivity contribution < 1.29 is 14.3 Å². The number of hydrogen-bond acceptors (Lipinski definition) is 5. The topological polar surface area (TPSA) is 72.8 Å². The van der Waals surface area contributed by atoms with Crippen LogP contribution in [0.2, 0.25) is 0 Å². The van der Waals surface area contributed by atoms with Crippen LogP contribution in [0.15, 0.2) is 65.5 Å². The Bertz CT molecular complexity index is 1280. The molecule has 2 aromatic carbocycles. The van der Waals surface area contributed by atoms with E-state index in [-0.39, 0.29) is 29.0 Å². The summed E-state index contributed by atoms with van der Waals surface area (Å²) >= 11 is 0. The van der Waals surface area contributed by atoms with Gasteiger partial charge < -0.3 is 19.4 Å². The van der Waals surface area contributed by atoms with Crippen LogP contribution < -0.4 is 20.2 Å². The average molecular weight is 488 g/mol. The van der Waals surface area contributed by atoms with E-state index < -0.39 is 0 Å². The molecule has 1 amide bonds. The van der Waals surface area contributed by atoms with Crippen molar-refractivity contribution in [3.05, 3.63) is 93.4 Å². The Morgan fingerprint density at radius 1 is 1.00 bits per heavy atom. The maximum Gasteiger partial charge on any atom is 0.257 e. The Morgan fingerprint density at radius 2 is 1.69 bits per heavy atom. The minimum absolute atomic E-state index is 0.0599. The molecular formula is C29H33N3O4. The molecular weight excluding hydrogens is 454 g/mol. The standard InChI is InChI=1S/C29H33N3O4/c1-20-16-25(33)28(21(2)32(20)18-24-19-35-26-10-6-7-11-27(26)36-24)29(34)30-23-12-14-31(15-13-23)17-22-8-4-3-5-9-22/h3-11,16,23-24H,12-15,17-19H2,1-2H3,(H,30,34). The number of benzene rings is 2. The van der Waals surface area contributed by atoms with Crippen LogP contribution in [0.5, 0.6) is 11.5 Å². The van der Waals surface area contributed by atoms with Crippen LogP contribution in [-0.2, 0) is 13.1 Å².